The number of carbonyl (C=O) groups is 1. The summed E-state index contributed by atoms with van der Waals surface area (Å²) < 4.78 is 0. The maximum atomic E-state index is 11.2. The van der Waals surface area contributed by atoms with Crippen LogP contribution in [0.3, 0.4) is 0 Å². The second kappa shape index (κ2) is 7.87. The summed E-state index contributed by atoms with van der Waals surface area (Å²) in [5.41, 5.74) is 9.46. The van der Waals surface area contributed by atoms with Crippen molar-refractivity contribution in [2.24, 2.45) is 5.73 Å². The Kier molecular flexibility index (Phi) is 5.72. The number of rotatable bonds is 5. The van der Waals surface area contributed by atoms with Crippen LogP contribution in [0.15, 0.2) is 53.6 Å². The maximum Gasteiger partial charge on any atom is 0.248 e. The zero-order chi connectivity index (χ0) is 19.6. The SMILES string of the molecule is CCSc1ccc(-c2cnc(-c3ccc(C(N)=O)cc3)s2)cc1C(C)(C)C. The van der Waals surface area contributed by atoms with Gasteiger partial charge in [-0.3, -0.25) is 4.79 Å². The maximum absolute atomic E-state index is 11.2. The Balaban J connectivity index is 1.95. The van der Waals surface area contributed by atoms with Gasteiger partial charge in [0.1, 0.15) is 5.01 Å². The number of aromatic nitrogens is 1. The van der Waals surface area contributed by atoms with E-state index in [9.17, 15) is 4.79 Å². The van der Waals surface area contributed by atoms with E-state index in [2.05, 4.69) is 50.9 Å². The highest BCUT2D eigenvalue weighted by Gasteiger charge is 2.19. The van der Waals surface area contributed by atoms with Crippen molar-refractivity contribution in [3.8, 4) is 21.0 Å². The molecule has 0 radical (unpaired) electrons. The number of nitrogens with zero attached hydrogens (tertiary/aromatic N) is 1. The molecule has 1 heterocycles. The quantitative estimate of drug-likeness (QED) is 0.539. The molecular formula is C22H24N2OS2. The van der Waals surface area contributed by atoms with Crippen molar-refractivity contribution in [1.29, 1.82) is 0 Å². The normalized spacial score (nSPS) is 11.6. The Morgan fingerprint density at radius 1 is 1.11 bits per heavy atom. The lowest BCUT2D eigenvalue weighted by atomic mass is 9.86. The van der Waals surface area contributed by atoms with E-state index in [1.165, 1.54) is 16.0 Å². The van der Waals surface area contributed by atoms with E-state index in [4.69, 9.17) is 5.73 Å². The minimum absolute atomic E-state index is 0.0889. The van der Waals surface area contributed by atoms with Crippen LogP contribution in [0.2, 0.25) is 0 Å². The van der Waals surface area contributed by atoms with Crippen molar-refractivity contribution < 1.29 is 4.79 Å². The number of hydrogen-bond donors (Lipinski definition) is 1. The molecule has 3 nitrogen and oxygen atoms in total. The van der Waals surface area contributed by atoms with Crippen LogP contribution in [0.25, 0.3) is 21.0 Å². The van der Waals surface area contributed by atoms with Gasteiger partial charge < -0.3 is 5.73 Å². The molecule has 0 saturated heterocycles. The van der Waals surface area contributed by atoms with E-state index in [1.807, 2.05) is 30.1 Å². The Morgan fingerprint density at radius 2 is 1.78 bits per heavy atom. The fraction of sp³-hybridized carbons (Fsp3) is 0.273. The first kappa shape index (κ1) is 19.6. The molecule has 5 heteroatoms. The van der Waals surface area contributed by atoms with E-state index >= 15 is 0 Å². The van der Waals surface area contributed by atoms with Gasteiger partial charge >= 0.3 is 0 Å². The Morgan fingerprint density at radius 3 is 2.37 bits per heavy atom. The molecule has 1 aromatic heterocycles. The van der Waals surface area contributed by atoms with E-state index in [1.54, 1.807) is 23.5 Å². The third kappa shape index (κ3) is 4.42. The third-order valence-electron chi connectivity index (χ3n) is 4.29. The number of carbonyl (C=O) groups excluding carboxylic acids is 1. The van der Waals surface area contributed by atoms with Crippen LogP contribution < -0.4 is 5.73 Å². The van der Waals surface area contributed by atoms with Gasteiger partial charge in [-0.25, -0.2) is 4.98 Å². The van der Waals surface area contributed by atoms with Gasteiger partial charge in [-0.2, -0.15) is 0 Å². The van der Waals surface area contributed by atoms with Gasteiger partial charge in [0, 0.05) is 22.2 Å². The largest absolute Gasteiger partial charge is 0.366 e. The number of hydrogen-bond acceptors (Lipinski definition) is 4. The van der Waals surface area contributed by atoms with Gasteiger partial charge in [-0.1, -0.05) is 45.9 Å². The van der Waals surface area contributed by atoms with E-state index in [-0.39, 0.29) is 5.41 Å². The van der Waals surface area contributed by atoms with E-state index in [0.717, 1.165) is 21.2 Å². The van der Waals surface area contributed by atoms with Gasteiger partial charge in [0.05, 0.1) is 4.88 Å². The van der Waals surface area contributed by atoms with Crippen molar-refractivity contribution in [3.63, 3.8) is 0 Å². The minimum atomic E-state index is -0.416. The lowest BCUT2D eigenvalue weighted by molar-refractivity contribution is 0.100. The molecule has 0 unspecified atom stereocenters. The van der Waals surface area contributed by atoms with Crippen molar-refractivity contribution in [3.05, 3.63) is 59.8 Å². The molecule has 0 saturated carbocycles. The number of benzene rings is 2. The molecule has 0 spiro atoms. The summed E-state index contributed by atoms with van der Waals surface area (Å²) in [6, 6.07) is 14.0. The molecule has 0 bridgehead atoms. The molecule has 0 aliphatic heterocycles. The van der Waals surface area contributed by atoms with Gasteiger partial charge in [-0.15, -0.1) is 23.1 Å². The summed E-state index contributed by atoms with van der Waals surface area (Å²) in [5.74, 6) is 0.648. The number of primary amides is 1. The molecule has 0 atom stereocenters. The summed E-state index contributed by atoms with van der Waals surface area (Å²) >= 11 is 3.55. The minimum Gasteiger partial charge on any atom is -0.366 e. The molecular weight excluding hydrogens is 372 g/mol. The van der Waals surface area contributed by atoms with Crippen LogP contribution in [0.1, 0.15) is 43.6 Å². The van der Waals surface area contributed by atoms with Crippen LogP contribution in [0.5, 0.6) is 0 Å². The van der Waals surface area contributed by atoms with Gasteiger partial charge in [0.25, 0.3) is 0 Å². The molecule has 3 aromatic rings. The smallest absolute Gasteiger partial charge is 0.248 e. The fourth-order valence-electron chi connectivity index (χ4n) is 2.87. The number of amides is 1. The summed E-state index contributed by atoms with van der Waals surface area (Å²) in [7, 11) is 0. The fourth-order valence-corrected chi connectivity index (χ4v) is 4.78. The average Bonchev–Trinajstić information content (AvgIpc) is 3.11. The molecule has 140 valence electrons. The standard InChI is InChI=1S/C22H24N2OS2/c1-5-26-18-11-10-16(12-17(18)22(2,3)4)19-13-24-21(27-19)15-8-6-14(7-9-15)20(23)25/h6-13H,5H2,1-4H3,(H2,23,25). The monoisotopic (exact) mass is 396 g/mol. The van der Waals surface area contributed by atoms with Gasteiger partial charge in [0.2, 0.25) is 5.91 Å². The topological polar surface area (TPSA) is 56.0 Å². The van der Waals surface area contributed by atoms with Crippen LogP contribution in [-0.4, -0.2) is 16.6 Å². The Labute approximate surface area is 169 Å². The first-order valence-electron chi connectivity index (χ1n) is 8.93. The summed E-state index contributed by atoms with van der Waals surface area (Å²) in [5, 5.41) is 0.935. The van der Waals surface area contributed by atoms with Crippen molar-refractivity contribution in [1.82, 2.24) is 4.98 Å². The first-order chi connectivity index (χ1) is 12.8. The lowest BCUT2D eigenvalue weighted by Gasteiger charge is -2.23. The molecule has 2 aromatic carbocycles. The number of nitrogens with two attached hydrogens (primary N) is 1. The van der Waals surface area contributed by atoms with Crippen LogP contribution in [0.4, 0.5) is 0 Å². The zero-order valence-corrected chi connectivity index (χ0v) is 17.7. The second-order valence-corrected chi connectivity index (χ2v) is 9.70. The molecule has 3 rings (SSSR count). The van der Waals surface area contributed by atoms with E-state index < -0.39 is 5.91 Å². The van der Waals surface area contributed by atoms with Crippen molar-refractivity contribution in [2.75, 3.05) is 5.75 Å². The first-order valence-corrected chi connectivity index (χ1v) is 10.7. The zero-order valence-electron chi connectivity index (χ0n) is 16.1. The predicted molar refractivity (Wildman–Crippen MR) is 117 cm³/mol. The third-order valence-corrected chi connectivity index (χ3v) is 6.35. The molecule has 0 aliphatic carbocycles. The van der Waals surface area contributed by atoms with Crippen molar-refractivity contribution >= 4 is 29.0 Å². The second-order valence-electron chi connectivity index (χ2n) is 7.37. The molecule has 0 fully saturated rings. The van der Waals surface area contributed by atoms with Crippen molar-refractivity contribution in [2.45, 2.75) is 38.0 Å². The Hall–Kier alpha value is -2.11. The highest BCUT2D eigenvalue weighted by Crippen LogP contribution is 2.38. The Bertz CT molecular complexity index is 953. The van der Waals surface area contributed by atoms with E-state index in [0.29, 0.717) is 5.56 Å². The predicted octanol–water partition coefficient (Wildman–Crippen LogP) is 5.99. The van der Waals surface area contributed by atoms with Crippen LogP contribution >= 0.6 is 23.1 Å². The van der Waals surface area contributed by atoms with Gasteiger partial charge in [-0.05, 0) is 46.6 Å². The summed E-state index contributed by atoms with van der Waals surface area (Å²) in [6.45, 7) is 8.95. The number of thioether (sulfide) groups is 1. The number of thiazole rings is 1. The molecule has 27 heavy (non-hydrogen) atoms. The highest BCUT2D eigenvalue weighted by molar-refractivity contribution is 7.99. The molecule has 2 N–H and O–H groups in total. The lowest BCUT2D eigenvalue weighted by Crippen LogP contribution is -2.12. The molecule has 0 aliphatic rings. The molecule has 1 amide bonds. The summed E-state index contributed by atoms with van der Waals surface area (Å²) in [4.78, 5) is 18.3. The average molecular weight is 397 g/mol. The summed E-state index contributed by atoms with van der Waals surface area (Å²) in [6.07, 6.45) is 1.93. The van der Waals surface area contributed by atoms with Crippen LogP contribution in [0, 0.1) is 0 Å². The van der Waals surface area contributed by atoms with Gasteiger partial charge in [0.15, 0.2) is 0 Å². The van der Waals surface area contributed by atoms with Crippen LogP contribution in [-0.2, 0) is 5.41 Å². The highest BCUT2D eigenvalue weighted by atomic mass is 32.2.